The van der Waals surface area contributed by atoms with Gasteiger partial charge >= 0.3 is 12.4 Å². The van der Waals surface area contributed by atoms with Gasteiger partial charge in [0.1, 0.15) is 13.2 Å². The molecule has 0 radical (unpaired) electrons. The second-order valence-corrected chi connectivity index (χ2v) is 2.61. The van der Waals surface area contributed by atoms with Gasteiger partial charge in [-0.2, -0.15) is 4.98 Å². The molecule has 128 valence electrons. The second-order valence-electron chi connectivity index (χ2n) is 2.61. The van der Waals surface area contributed by atoms with Gasteiger partial charge in [0, 0.05) is 0 Å². The molecule has 0 atom stereocenters. The van der Waals surface area contributed by atoms with Gasteiger partial charge in [0.05, 0.1) is 0 Å². The van der Waals surface area contributed by atoms with Crippen LogP contribution in [0.5, 0.6) is 0 Å². The third-order valence-electron chi connectivity index (χ3n) is 1.03. The van der Waals surface area contributed by atoms with Gasteiger partial charge in [0.25, 0.3) is 0 Å². The molecule has 1 heterocycles. The minimum absolute atomic E-state index is 0.0694. The van der Waals surface area contributed by atoms with Gasteiger partial charge in [-0.1, -0.05) is 0 Å². The van der Waals surface area contributed by atoms with E-state index in [4.69, 9.17) is 47.4 Å². The monoisotopic (exact) mass is 326 g/mol. The van der Waals surface area contributed by atoms with Crippen LogP contribution in [0.15, 0.2) is 5.10 Å². The van der Waals surface area contributed by atoms with E-state index in [0.29, 0.717) is 5.82 Å². The number of nitrogens with two attached hydrogens (primary N) is 4. The number of carboxylic acids is 1. The second kappa shape index (κ2) is 17.8. The summed E-state index contributed by atoms with van der Waals surface area (Å²) in [6, 6.07) is 0. The number of hydrogen-bond donors (Lipinski definition) is 9. The Balaban J connectivity index is -0.000000230. The highest BCUT2D eigenvalue weighted by Gasteiger charge is 1.93. The molecule has 0 bridgehead atoms. The zero-order valence-corrected chi connectivity index (χ0v) is 11.2. The number of carbonyl (C=O) groups is 2. The van der Waals surface area contributed by atoms with Gasteiger partial charge in [0.15, 0.2) is 5.82 Å². The SMILES string of the molecule is NN=C(N)N.Nc1n[nH]c(CO)n1.O=C(O)CO.O=COO. The van der Waals surface area contributed by atoms with E-state index in [9.17, 15) is 0 Å². The number of carboxylic acid groups (broad SMARTS) is 1. The van der Waals surface area contributed by atoms with E-state index in [1.165, 1.54) is 0 Å². The number of aliphatic hydroxyl groups is 2. The summed E-state index contributed by atoms with van der Waals surface area (Å²) in [5.41, 5.74) is 14.5. The first-order valence-electron chi connectivity index (χ1n) is 4.91. The number of aliphatic hydroxyl groups excluding tert-OH is 2. The van der Waals surface area contributed by atoms with Crippen LogP contribution in [-0.2, 0) is 21.1 Å². The van der Waals surface area contributed by atoms with Gasteiger partial charge in [-0.3, -0.25) is 9.89 Å². The van der Waals surface area contributed by atoms with E-state index in [1.807, 2.05) is 0 Å². The first-order valence-corrected chi connectivity index (χ1v) is 4.91. The standard InChI is InChI=1S/C3H6N4O.C2H4O3.CH6N4.CH2O3/c4-3-5-2(1-8)6-7-3;3-1-2(4)5;2-1(3)5-4;2-1-4-3/h8H,1H2,(H3,4,5,6,7);3H,1H2,(H,4,5);4H2,(H4,2,3,5);1,3H. The van der Waals surface area contributed by atoms with Crippen LogP contribution in [0.3, 0.4) is 0 Å². The summed E-state index contributed by atoms with van der Waals surface area (Å²) in [6.45, 7) is -0.996. The number of nitrogen functional groups attached to an aromatic ring is 1. The number of rotatable bonds is 3. The average Bonchev–Trinajstić information content (AvgIpc) is 2.94. The molecule has 0 saturated carbocycles. The van der Waals surface area contributed by atoms with Gasteiger partial charge in [-0.15, -0.1) is 10.2 Å². The Morgan fingerprint density at radius 1 is 1.41 bits per heavy atom. The van der Waals surface area contributed by atoms with Crippen LogP contribution in [0.4, 0.5) is 5.95 Å². The highest BCUT2D eigenvalue weighted by molar-refractivity contribution is 5.75. The number of hydrazone groups is 1. The predicted molar refractivity (Wildman–Crippen MR) is 71.2 cm³/mol. The molecule has 0 aliphatic heterocycles. The molecule has 0 aliphatic rings. The molecule has 1 aromatic heterocycles. The predicted octanol–water partition coefficient (Wildman–Crippen LogP) is -4.29. The molecule has 0 saturated heterocycles. The molecule has 1 aromatic rings. The van der Waals surface area contributed by atoms with Crippen LogP contribution in [0.25, 0.3) is 0 Å². The maximum absolute atomic E-state index is 9.12. The number of guanidine groups is 1. The molecule has 0 aromatic carbocycles. The van der Waals surface area contributed by atoms with E-state index in [2.05, 4.69) is 31.0 Å². The molecular weight excluding hydrogens is 308 g/mol. The topological polar surface area (TPSA) is 282 Å². The zero-order valence-electron chi connectivity index (χ0n) is 11.2. The van der Waals surface area contributed by atoms with Crippen molar-refractivity contribution >= 4 is 24.3 Å². The molecule has 0 spiro atoms. The van der Waals surface area contributed by atoms with E-state index < -0.39 is 12.6 Å². The summed E-state index contributed by atoms with van der Waals surface area (Å²) >= 11 is 0. The van der Waals surface area contributed by atoms with E-state index in [1.54, 1.807) is 0 Å². The van der Waals surface area contributed by atoms with Crippen molar-refractivity contribution in [3.63, 3.8) is 0 Å². The number of aromatic nitrogens is 3. The van der Waals surface area contributed by atoms with Crippen LogP contribution < -0.4 is 23.0 Å². The lowest BCUT2D eigenvalue weighted by atomic mass is 10.7. The first kappa shape index (κ1) is 23.9. The van der Waals surface area contributed by atoms with Crippen LogP contribution in [-0.4, -0.2) is 60.8 Å². The third kappa shape index (κ3) is 25.6. The Morgan fingerprint density at radius 3 is 1.91 bits per heavy atom. The highest BCUT2D eigenvalue weighted by atomic mass is 17.1. The maximum atomic E-state index is 9.12. The average molecular weight is 326 g/mol. The Morgan fingerprint density at radius 2 is 1.82 bits per heavy atom. The Kier molecular flexibility index (Phi) is 19.4. The number of aliphatic carboxylic acids is 1. The minimum Gasteiger partial charge on any atom is -0.480 e. The summed E-state index contributed by atoms with van der Waals surface area (Å²) in [7, 11) is 0. The molecule has 13 N–H and O–H groups in total. The van der Waals surface area contributed by atoms with Crippen LogP contribution in [0.2, 0.25) is 0 Å². The molecule has 0 aliphatic carbocycles. The van der Waals surface area contributed by atoms with Gasteiger partial charge in [-0.05, 0) is 0 Å². The van der Waals surface area contributed by atoms with Crippen molar-refractivity contribution in [1.82, 2.24) is 15.2 Å². The normalized spacial score (nSPS) is 7.59. The first-order chi connectivity index (χ1) is 10.3. The van der Waals surface area contributed by atoms with Crippen molar-refractivity contribution < 1.29 is 35.1 Å². The minimum atomic E-state index is -1.19. The van der Waals surface area contributed by atoms with Gasteiger partial charge < -0.3 is 43.3 Å². The summed E-state index contributed by atoms with van der Waals surface area (Å²) in [6.07, 6.45) is 0. The molecule has 0 amide bonds. The summed E-state index contributed by atoms with van der Waals surface area (Å²) in [5, 5.41) is 39.1. The molecule has 0 fully saturated rings. The zero-order chi connectivity index (χ0) is 18.0. The van der Waals surface area contributed by atoms with Crippen molar-refractivity contribution in [2.45, 2.75) is 6.61 Å². The van der Waals surface area contributed by atoms with Gasteiger partial charge in [0.2, 0.25) is 11.9 Å². The maximum Gasteiger partial charge on any atom is 0.330 e. The molecular formula is C7H18N8O7. The smallest absolute Gasteiger partial charge is 0.330 e. The largest absolute Gasteiger partial charge is 0.480 e. The Bertz CT molecular complexity index is 419. The summed E-state index contributed by atoms with van der Waals surface area (Å²) in [4.78, 5) is 24.3. The van der Waals surface area contributed by atoms with Gasteiger partial charge in [-0.25, -0.2) is 10.1 Å². The summed E-state index contributed by atoms with van der Waals surface area (Å²) in [5.74, 6) is 3.78. The Hall–Kier alpha value is -3.17. The molecule has 15 nitrogen and oxygen atoms in total. The number of hydrogen-bond acceptors (Lipinski definition) is 11. The van der Waals surface area contributed by atoms with E-state index >= 15 is 0 Å². The molecule has 0 unspecified atom stereocenters. The Labute approximate surface area is 123 Å². The number of carbonyl (C=O) groups excluding carboxylic acids is 1. The lowest BCUT2D eigenvalue weighted by Crippen LogP contribution is -2.23. The van der Waals surface area contributed by atoms with Crippen LogP contribution in [0.1, 0.15) is 5.82 Å². The van der Waals surface area contributed by atoms with Crippen molar-refractivity contribution in [2.75, 3.05) is 12.3 Å². The number of aromatic amines is 1. The highest BCUT2D eigenvalue weighted by Crippen LogP contribution is 1.89. The van der Waals surface area contributed by atoms with Crippen LogP contribution in [0, 0.1) is 0 Å². The van der Waals surface area contributed by atoms with E-state index in [0.717, 1.165) is 0 Å². The van der Waals surface area contributed by atoms with Crippen molar-refractivity contribution in [3.05, 3.63) is 5.82 Å². The molecule has 15 heteroatoms. The lowest BCUT2D eigenvalue weighted by Gasteiger charge is -1.78. The molecule has 22 heavy (non-hydrogen) atoms. The summed E-state index contributed by atoms with van der Waals surface area (Å²) < 4.78 is 0. The number of nitrogens with one attached hydrogen (secondary N) is 1. The van der Waals surface area contributed by atoms with Crippen molar-refractivity contribution in [1.29, 1.82) is 0 Å². The van der Waals surface area contributed by atoms with Crippen molar-refractivity contribution in [2.24, 2.45) is 22.4 Å². The fourth-order valence-corrected chi connectivity index (χ4v) is 0.381. The molecule has 1 rings (SSSR count). The van der Waals surface area contributed by atoms with E-state index in [-0.39, 0.29) is 25.0 Å². The number of nitrogens with zero attached hydrogens (tertiary/aromatic N) is 3. The fourth-order valence-electron chi connectivity index (χ4n) is 0.381. The number of H-pyrrole nitrogens is 1. The lowest BCUT2D eigenvalue weighted by molar-refractivity contribution is -0.217. The fraction of sp³-hybridized carbons (Fsp3) is 0.286. The van der Waals surface area contributed by atoms with Crippen molar-refractivity contribution in [3.8, 4) is 0 Å². The number of anilines is 1. The van der Waals surface area contributed by atoms with Crippen LogP contribution >= 0.6 is 0 Å². The third-order valence-corrected chi connectivity index (χ3v) is 1.03. The quantitative estimate of drug-likeness (QED) is 0.0635.